The first kappa shape index (κ1) is 19.1. The number of amides is 2. The Morgan fingerprint density at radius 1 is 1.19 bits per heavy atom. The maximum absolute atomic E-state index is 13.1. The Morgan fingerprint density at radius 2 is 1.93 bits per heavy atom. The summed E-state index contributed by atoms with van der Waals surface area (Å²) < 4.78 is 23.7. The van der Waals surface area contributed by atoms with Crippen molar-refractivity contribution in [3.63, 3.8) is 0 Å². The lowest BCUT2D eigenvalue weighted by molar-refractivity contribution is -0.118. The van der Waals surface area contributed by atoms with Gasteiger partial charge >= 0.3 is 0 Å². The summed E-state index contributed by atoms with van der Waals surface area (Å²) in [4.78, 5) is 26.6. The third-order valence-electron chi connectivity index (χ3n) is 3.99. The van der Waals surface area contributed by atoms with Crippen molar-refractivity contribution in [1.82, 2.24) is 4.90 Å². The lowest BCUT2D eigenvalue weighted by Crippen LogP contribution is -2.41. The third-order valence-corrected chi connectivity index (χ3v) is 4.28. The Morgan fingerprint density at radius 3 is 2.67 bits per heavy atom. The van der Waals surface area contributed by atoms with Crippen LogP contribution >= 0.6 is 11.6 Å². The van der Waals surface area contributed by atoms with Gasteiger partial charge < -0.3 is 19.7 Å². The van der Waals surface area contributed by atoms with Crippen LogP contribution in [0, 0.1) is 5.82 Å². The molecule has 1 aliphatic rings. The molecule has 6 nitrogen and oxygen atoms in total. The van der Waals surface area contributed by atoms with Crippen LogP contribution in [0.4, 0.5) is 10.1 Å². The molecule has 0 spiro atoms. The molecule has 2 amide bonds. The van der Waals surface area contributed by atoms with E-state index in [1.807, 2.05) is 0 Å². The largest absolute Gasteiger partial charge is 0.484 e. The number of morpholine rings is 1. The molecule has 0 aromatic heterocycles. The molecule has 0 saturated carbocycles. The van der Waals surface area contributed by atoms with E-state index in [4.69, 9.17) is 21.1 Å². The van der Waals surface area contributed by atoms with Gasteiger partial charge in [-0.1, -0.05) is 23.7 Å². The van der Waals surface area contributed by atoms with Gasteiger partial charge in [0.2, 0.25) is 0 Å². The molecule has 8 heteroatoms. The van der Waals surface area contributed by atoms with E-state index < -0.39 is 11.7 Å². The van der Waals surface area contributed by atoms with Crippen molar-refractivity contribution < 1.29 is 23.5 Å². The second-order valence-corrected chi connectivity index (χ2v) is 6.27. The van der Waals surface area contributed by atoms with E-state index >= 15 is 0 Å². The average Bonchev–Trinajstić information content (AvgIpc) is 2.69. The summed E-state index contributed by atoms with van der Waals surface area (Å²) in [5, 5.41) is 2.59. The van der Waals surface area contributed by atoms with Crippen LogP contribution in [0.5, 0.6) is 5.75 Å². The number of para-hydroxylation sites is 1. The van der Waals surface area contributed by atoms with E-state index in [0.29, 0.717) is 37.6 Å². The summed E-state index contributed by atoms with van der Waals surface area (Å²) in [6, 6.07) is 10.6. The summed E-state index contributed by atoms with van der Waals surface area (Å²) in [7, 11) is 0. The molecule has 2 aromatic rings. The van der Waals surface area contributed by atoms with Crippen molar-refractivity contribution >= 4 is 29.1 Å². The minimum absolute atomic E-state index is 0.0886. The molecule has 0 unspecified atom stereocenters. The molecule has 1 saturated heterocycles. The third kappa shape index (κ3) is 4.96. The van der Waals surface area contributed by atoms with Gasteiger partial charge in [-0.3, -0.25) is 9.59 Å². The normalized spacial score (nSPS) is 13.9. The van der Waals surface area contributed by atoms with Crippen LogP contribution in [0.2, 0.25) is 5.02 Å². The number of anilines is 1. The fraction of sp³-hybridized carbons (Fsp3) is 0.263. The maximum atomic E-state index is 13.1. The number of rotatable bonds is 5. The lowest BCUT2D eigenvalue weighted by Gasteiger charge is -2.27. The van der Waals surface area contributed by atoms with Crippen molar-refractivity contribution in [3.8, 4) is 5.75 Å². The highest BCUT2D eigenvalue weighted by Gasteiger charge is 2.21. The molecular formula is C19H18ClFN2O4. The highest BCUT2D eigenvalue weighted by molar-refractivity contribution is 6.30. The number of benzene rings is 2. The van der Waals surface area contributed by atoms with Crippen LogP contribution in [-0.4, -0.2) is 49.6 Å². The van der Waals surface area contributed by atoms with E-state index in [0.717, 1.165) is 6.07 Å². The molecule has 1 heterocycles. The van der Waals surface area contributed by atoms with Gasteiger partial charge in [0.25, 0.3) is 11.8 Å². The summed E-state index contributed by atoms with van der Waals surface area (Å²) in [6.45, 7) is 1.70. The zero-order valence-electron chi connectivity index (χ0n) is 14.4. The highest BCUT2D eigenvalue weighted by atomic mass is 35.5. The lowest BCUT2D eigenvalue weighted by atomic mass is 10.1. The smallest absolute Gasteiger partial charge is 0.262 e. The molecule has 0 atom stereocenters. The predicted molar refractivity (Wildman–Crippen MR) is 98.7 cm³/mol. The molecule has 1 N–H and O–H groups in total. The molecule has 27 heavy (non-hydrogen) atoms. The first-order chi connectivity index (χ1) is 13.0. The van der Waals surface area contributed by atoms with E-state index in [9.17, 15) is 14.0 Å². The molecule has 1 fully saturated rings. The topological polar surface area (TPSA) is 67.9 Å². The van der Waals surface area contributed by atoms with Crippen molar-refractivity contribution in [2.24, 2.45) is 0 Å². The number of hydrogen-bond acceptors (Lipinski definition) is 4. The van der Waals surface area contributed by atoms with Crippen LogP contribution in [0.25, 0.3) is 0 Å². The Kier molecular flexibility index (Phi) is 6.26. The SMILES string of the molecule is O=C(COc1ccc(F)c(Cl)c1)Nc1ccccc1C(=O)N1CCOCC1. The van der Waals surface area contributed by atoms with Gasteiger partial charge in [0.05, 0.1) is 29.5 Å². The molecule has 2 aromatic carbocycles. The number of halogens is 2. The first-order valence-electron chi connectivity index (χ1n) is 8.38. The van der Waals surface area contributed by atoms with E-state index in [-0.39, 0.29) is 23.3 Å². The van der Waals surface area contributed by atoms with Gasteiger partial charge in [0.1, 0.15) is 11.6 Å². The quantitative estimate of drug-likeness (QED) is 0.849. The number of nitrogens with one attached hydrogen (secondary N) is 1. The molecule has 0 radical (unpaired) electrons. The molecule has 0 bridgehead atoms. The molecule has 0 aliphatic carbocycles. The van der Waals surface area contributed by atoms with Crippen LogP contribution in [0.3, 0.4) is 0 Å². The zero-order chi connectivity index (χ0) is 19.2. The Bertz CT molecular complexity index is 840. The number of carbonyl (C=O) groups is 2. The maximum Gasteiger partial charge on any atom is 0.262 e. The fourth-order valence-electron chi connectivity index (χ4n) is 2.62. The summed E-state index contributed by atoms with van der Waals surface area (Å²) >= 11 is 5.68. The Labute approximate surface area is 160 Å². The van der Waals surface area contributed by atoms with Crippen LogP contribution in [0.15, 0.2) is 42.5 Å². The van der Waals surface area contributed by atoms with Gasteiger partial charge in [-0.2, -0.15) is 0 Å². The zero-order valence-corrected chi connectivity index (χ0v) is 15.2. The van der Waals surface area contributed by atoms with Crippen molar-refractivity contribution in [2.75, 3.05) is 38.2 Å². The molecule has 1 aliphatic heterocycles. The van der Waals surface area contributed by atoms with Crippen molar-refractivity contribution in [1.29, 1.82) is 0 Å². The number of nitrogens with zero attached hydrogens (tertiary/aromatic N) is 1. The summed E-state index contributed by atoms with van der Waals surface area (Å²) in [5.74, 6) is -0.906. The van der Waals surface area contributed by atoms with Crippen LogP contribution in [-0.2, 0) is 9.53 Å². The second kappa shape index (κ2) is 8.83. The average molecular weight is 393 g/mol. The molecule has 3 rings (SSSR count). The fourth-order valence-corrected chi connectivity index (χ4v) is 2.79. The predicted octanol–water partition coefficient (Wildman–Crippen LogP) is 2.97. The minimum atomic E-state index is -0.566. The minimum Gasteiger partial charge on any atom is -0.484 e. The van der Waals surface area contributed by atoms with Crippen molar-refractivity contribution in [2.45, 2.75) is 0 Å². The number of ether oxygens (including phenoxy) is 2. The second-order valence-electron chi connectivity index (χ2n) is 5.86. The van der Waals surface area contributed by atoms with Gasteiger partial charge in [-0.05, 0) is 24.3 Å². The number of hydrogen-bond donors (Lipinski definition) is 1. The van der Waals surface area contributed by atoms with Gasteiger partial charge in [-0.15, -0.1) is 0 Å². The van der Waals surface area contributed by atoms with E-state index in [1.165, 1.54) is 12.1 Å². The first-order valence-corrected chi connectivity index (χ1v) is 8.76. The Hall–Kier alpha value is -2.64. The molecule has 142 valence electrons. The van der Waals surface area contributed by atoms with Gasteiger partial charge in [0.15, 0.2) is 6.61 Å². The Balaban J connectivity index is 1.63. The standard InChI is InChI=1S/C19H18ClFN2O4/c20-15-11-13(5-6-16(15)21)27-12-18(24)22-17-4-2-1-3-14(17)19(25)23-7-9-26-10-8-23/h1-6,11H,7-10,12H2,(H,22,24). The summed E-state index contributed by atoms with van der Waals surface area (Å²) in [5.41, 5.74) is 0.803. The molecular weight excluding hydrogens is 375 g/mol. The highest BCUT2D eigenvalue weighted by Crippen LogP contribution is 2.21. The summed E-state index contributed by atoms with van der Waals surface area (Å²) in [6.07, 6.45) is 0. The van der Waals surface area contributed by atoms with Crippen molar-refractivity contribution in [3.05, 3.63) is 58.9 Å². The van der Waals surface area contributed by atoms with Crippen LogP contribution in [0.1, 0.15) is 10.4 Å². The van der Waals surface area contributed by atoms with E-state index in [2.05, 4.69) is 5.32 Å². The number of carbonyl (C=O) groups excluding carboxylic acids is 2. The van der Waals surface area contributed by atoms with Crippen LogP contribution < -0.4 is 10.1 Å². The van der Waals surface area contributed by atoms with Gasteiger partial charge in [0, 0.05) is 19.2 Å². The van der Waals surface area contributed by atoms with E-state index in [1.54, 1.807) is 29.2 Å². The van der Waals surface area contributed by atoms with Gasteiger partial charge in [-0.25, -0.2) is 4.39 Å². The monoisotopic (exact) mass is 392 g/mol.